The molecule has 0 unspecified atom stereocenters. The molecule has 0 atom stereocenters. The summed E-state index contributed by atoms with van der Waals surface area (Å²) in [6.07, 6.45) is 3.96. The van der Waals surface area contributed by atoms with E-state index in [0.29, 0.717) is 16.6 Å². The van der Waals surface area contributed by atoms with Crippen molar-refractivity contribution in [1.82, 2.24) is 9.97 Å². The summed E-state index contributed by atoms with van der Waals surface area (Å²) in [6.45, 7) is 5.30. The van der Waals surface area contributed by atoms with Crippen molar-refractivity contribution >= 4 is 23.2 Å². The van der Waals surface area contributed by atoms with Gasteiger partial charge in [0.15, 0.2) is 0 Å². The van der Waals surface area contributed by atoms with E-state index in [1.165, 1.54) is 6.42 Å². The summed E-state index contributed by atoms with van der Waals surface area (Å²) < 4.78 is 0. The van der Waals surface area contributed by atoms with Crippen LogP contribution in [0.4, 0.5) is 5.95 Å². The van der Waals surface area contributed by atoms with E-state index in [2.05, 4.69) is 29.1 Å². The Labute approximate surface area is 102 Å². The van der Waals surface area contributed by atoms with Crippen molar-refractivity contribution in [2.45, 2.75) is 26.7 Å². The van der Waals surface area contributed by atoms with E-state index < -0.39 is 0 Å². The van der Waals surface area contributed by atoms with Gasteiger partial charge in [-0.1, -0.05) is 26.1 Å². The van der Waals surface area contributed by atoms with Gasteiger partial charge in [0.2, 0.25) is 5.95 Å². The van der Waals surface area contributed by atoms with Crippen molar-refractivity contribution in [3.63, 3.8) is 0 Å². The van der Waals surface area contributed by atoms with Crippen LogP contribution in [0.1, 0.15) is 32.4 Å². The molecule has 0 spiro atoms. The predicted molar refractivity (Wildman–Crippen MR) is 70.5 cm³/mol. The molecule has 0 aliphatic rings. The summed E-state index contributed by atoms with van der Waals surface area (Å²) in [6, 6.07) is 1.71. The standard InChI is InChI=1S/C11H18N4S/c1-8(2)4-3-6-13-11-14-7-5-9(15-11)10(12)16/h5,7-8H,3-4,6H2,1-2H3,(H2,12,16)(H,13,14,15). The number of nitrogens with zero attached hydrogens (tertiary/aromatic N) is 2. The Morgan fingerprint density at radius 2 is 2.31 bits per heavy atom. The first-order valence-corrected chi connectivity index (χ1v) is 5.87. The lowest BCUT2D eigenvalue weighted by Gasteiger charge is -2.07. The zero-order valence-corrected chi connectivity index (χ0v) is 10.5. The molecule has 5 heteroatoms. The Hall–Kier alpha value is -1.23. The number of hydrogen-bond donors (Lipinski definition) is 2. The maximum atomic E-state index is 5.49. The van der Waals surface area contributed by atoms with Crippen LogP contribution >= 0.6 is 12.2 Å². The number of aromatic nitrogens is 2. The highest BCUT2D eigenvalue weighted by molar-refractivity contribution is 7.80. The topological polar surface area (TPSA) is 63.8 Å². The van der Waals surface area contributed by atoms with E-state index in [0.717, 1.165) is 18.9 Å². The van der Waals surface area contributed by atoms with Gasteiger partial charge in [0.25, 0.3) is 0 Å². The second-order valence-electron chi connectivity index (χ2n) is 4.09. The molecule has 88 valence electrons. The van der Waals surface area contributed by atoms with Gasteiger partial charge in [-0.15, -0.1) is 0 Å². The summed E-state index contributed by atoms with van der Waals surface area (Å²) in [5.74, 6) is 1.32. The Kier molecular flexibility index (Phi) is 5.11. The van der Waals surface area contributed by atoms with Crippen molar-refractivity contribution in [2.75, 3.05) is 11.9 Å². The highest BCUT2D eigenvalue weighted by Gasteiger charge is 2.01. The van der Waals surface area contributed by atoms with E-state index >= 15 is 0 Å². The zero-order chi connectivity index (χ0) is 12.0. The molecule has 0 aliphatic carbocycles. The van der Waals surface area contributed by atoms with Gasteiger partial charge >= 0.3 is 0 Å². The Morgan fingerprint density at radius 3 is 2.94 bits per heavy atom. The van der Waals surface area contributed by atoms with Gasteiger partial charge in [0.05, 0.1) is 0 Å². The van der Waals surface area contributed by atoms with Crippen LogP contribution in [0.5, 0.6) is 0 Å². The highest BCUT2D eigenvalue weighted by Crippen LogP contribution is 2.05. The van der Waals surface area contributed by atoms with Crippen LogP contribution in [0.25, 0.3) is 0 Å². The highest BCUT2D eigenvalue weighted by atomic mass is 32.1. The summed E-state index contributed by atoms with van der Waals surface area (Å²) >= 11 is 4.85. The first-order chi connectivity index (χ1) is 7.59. The van der Waals surface area contributed by atoms with Crippen LogP contribution in [-0.2, 0) is 0 Å². The molecule has 16 heavy (non-hydrogen) atoms. The minimum atomic E-state index is 0.299. The molecule has 0 aromatic carbocycles. The van der Waals surface area contributed by atoms with Gasteiger partial charge in [0.1, 0.15) is 10.7 Å². The molecule has 1 aromatic rings. The molecule has 0 radical (unpaired) electrons. The second-order valence-corrected chi connectivity index (χ2v) is 4.53. The number of anilines is 1. The molecular formula is C11H18N4S. The lowest BCUT2D eigenvalue weighted by molar-refractivity contribution is 0.566. The molecule has 3 N–H and O–H groups in total. The van der Waals surface area contributed by atoms with Crippen LogP contribution in [0.2, 0.25) is 0 Å². The van der Waals surface area contributed by atoms with Crippen molar-refractivity contribution in [3.8, 4) is 0 Å². The van der Waals surface area contributed by atoms with Crippen LogP contribution in [-0.4, -0.2) is 21.5 Å². The SMILES string of the molecule is CC(C)CCCNc1nccc(C(N)=S)n1. The summed E-state index contributed by atoms with van der Waals surface area (Å²) in [4.78, 5) is 8.60. The van der Waals surface area contributed by atoms with Crippen molar-refractivity contribution in [3.05, 3.63) is 18.0 Å². The van der Waals surface area contributed by atoms with Gasteiger partial charge in [-0.25, -0.2) is 9.97 Å². The first-order valence-electron chi connectivity index (χ1n) is 5.46. The number of hydrogen-bond acceptors (Lipinski definition) is 4. The van der Waals surface area contributed by atoms with Crippen molar-refractivity contribution < 1.29 is 0 Å². The molecule has 0 aliphatic heterocycles. The van der Waals surface area contributed by atoms with E-state index in [1.807, 2.05) is 0 Å². The maximum absolute atomic E-state index is 5.49. The zero-order valence-electron chi connectivity index (χ0n) is 9.73. The normalized spacial score (nSPS) is 10.4. The predicted octanol–water partition coefficient (Wildman–Crippen LogP) is 1.96. The number of rotatable bonds is 6. The van der Waals surface area contributed by atoms with E-state index in [9.17, 15) is 0 Å². The first kappa shape index (κ1) is 12.8. The van der Waals surface area contributed by atoms with Crippen LogP contribution in [0.3, 0.4) is 0 Å². The lowest BCUT2D eigenvalue weighted by Crippen LogP contribution is -2.14. The molecule has 0 saturated carbocycles. The van der Waals surface area contributed by atoms with Crippen LogP contribution in [0.15, 0.2) is 12.3 Å². The second kappa shape index (κ2) is 6.37. The van der Waals surface area contributed by atoms with Gasteiger partial charge < -0.3 is 11.1 Å². The largest absolute Gasteiger partial charge is 0.388 e. The summed E-state index contributed by atoms with van der Waals surface area (Å²) in [7, 11) is 0. The van der Waals surface area contributed by atoms with Gasteiger partial charge in [-0.2, -0.15) is 0 Å². The quantitative estimate of drug-likeness (QED) is 0.586. The van der Waals surface area contributed by atoms with Crippen LogP contribution < -0.4 is 11.1 Å². The molecule has 0 amide bonds. The molecule has 1 rings (SSSR count). The average Bonchev–Trinajstić information content (AvgIpc) is 2.24. The van der Waals surface area contributed by atoms with Crippen molar-refractivity contribution in [2.24, 2.45) is 11.7 Å². The number of nitrogens with one attached hydrogen (secondary N) is 1. The fourth-order valence-electron chi connectivity index (χ4n) is 1.29. The fraction of sp³-hybridized carbons (Fsp3) is 0.545. The maximum Gasteiger partial charge on any atom is 0.223 e. The fourth-order valence-corrected chi connectivity index (χ4v) is 1.41. The van der Waals surface area contributed by atoms with Crippen molar-refractivity contribution in [1.29, 1.82) is 0 Å². The Bertz CT molecular complexity index is 352. The molecule has 1 heterocycles. The van der Waals surface area contributed by atoms with E-state index in [4.69, 9.17) is 18.0 Å². The Balaban J connectivity index is 2.42. The van der Waals surface area contributed by atoms with Gasteiger partial charge in [-0.3, -0.25) is 0 Å². The average molecular weight is 238 g/mol. The summed E-state index contributed by atoms with van der Waals surface area (Å²) in [5.41, 5.74) is 6.10. The number of nitrogens with two attached hydrogens (primary N) is 1. The van der Waals surface area contributed by atoms with E-state index in [-0.39, 0.29) is 0 Å². The summed E-state index contributed by atoms with van der Waals surface area (Å²) in [5, 5.41) is 3.16. The Morgan fingerprint density at radius 1 is 1.56 bits per heavy atom. The third-order valence-electron chi connectivity index (χ3n) is 2.15. The van der Waals surface area contributed by atoms with E-state index in [1.54, 1.807) is 12.3 Å². The molecule has 0 bridgehead atoms. The molecule has 0 fully saturated rings. The number of thiocarbonyl (C=S) groups is 1. The van der Waals surface area contributed by atoms with Gasteiger partial charge in [-0.05, 0) is 24.8 Å². The smallest absolute Gasteiger partial charge is 0.223 e. The third kappa shape index (κ3) is 4.53. The van der Waals surface area contributed by atoms with Crippen LogP contribution in [0, 0.1) is 5.92 Å². The third-order valence-corrected chi connectivity index (χ3v) is 2.36. The molecular weight excluding hydrogens is 220 g/mol. The monoisotopic (exact) mass is 238 g/mol. The minimum absolute atomic E-state index is 0.299. The lowest BCUT2D eigenvalue weighted by atomic mass is 10.1. The minimum Gasteiger partial charge on any atom is -0.388 e. The van der Waals surface area contributed by atoms with Gasteiger partial charge in [0, 0.05) is 12.7 Å². The molecule has 4 nitrogen and oxygen atoms in total. The molecule has 0 saturated heterocycles. The molecule has 1 aromatic heterocycles.